The zero-order chi connectivity index (χ0) is 20.3. The lowest BCUT2D eigenvalue weighted by molar-refractivity contribution is 0.0305. The van der Waals surface area contributed by atoms with E-state index >= 15 is 0 Å². The van der Waals surface area contributed by atoms with Crippen molar-refractivity contribution < 1.29 is 9.53 Å². The van der Waals surface area contributed by atoms with E-state index in [4.69, 9.17) is 10.5 Å². The first-order valence-corrected chi connectivity index (χ1v) is 8.97. The minimum atomic E-state index is -0.514. The van der Waals surface area contributed by atoms with Crippen molar-refractivity contribution in [3.8, 4) is 11.3 Å². The number of imidazole rings is 1. The molecule has 0 bridgehead atoms. The molecule has 28 heavy (non-hydrogen) atoms. The second-order valence-electron chi connectivity index (χ2n) is 7.43. The third-order valence-electron chi connectivity index (χ3n) is 3.90. The number of nitrogen functional groups attached to an aromatic ring is 1. The molecule has 1 amide bonds. The van der Waals surface area contributed by atoms with Crippen LogP contribution in [0.25, 0.3) is 16.9 Å². The van der Waals surface area contributed by atoms with Gasteiger partial charge in [0.1, 0.15) is 17.2 Å². The molecule has 148 valence electrons. The summed E-state index contributed by atoms with van der Waals surface area (Å²) in [6.45, 7) is 6.53. The number of pyridine rings is 1. The first-order chi connectivity index (χ1) is 13.2. The average molecular weight is 383 g/mol. The van der Waals surface area contributed by atoms with E-state index in [9.17, 15) is 4.79 Å². The molecular weight excluding hydrogens is 358 g/mol. The summed E-state index contributed by atoms with van der Waals surface area (Å²) in [4.78, 5) is 21.9. The van der Waals surface area contributed by atoms with E-state index < -0.39 is 5.60 Å². The molecule has 0 radical (unpaired) electrons. The summed E-state index contributed by atoms with van der Waals surface area (Å²) in [5.74, 6) is 1.11. The quantitative estimate of drug-likeness (QED) is 0.697. The van der Waals surface area contributed by atoms with Gasteiger partial charge in [0.05, 0.1) is 11.9 Å². The minimum Gasteiger partial charge on any atom is -0.444 e. The molecule has 0 fully saturated rings. The SMILES string of the molecule is CN(CCNc1ccc2ncc(-c3ccnc(N)c3)n2n1)C(=O)OC(C)(C)C. The Hall–Kier alpha value is -3.36. The van der Waals surface area contributed by atoms with Crippen LogP contribution < -0.4 is 11.1 Å². The second-order valence-corrected chi connectivity index (χ2v) is 7.43. The van der Waals surface area contributed by atoms with Crippen LogP contribution in [0.1, 0.15) is 20.8 Å². The second kappa shape index (κ2) is 7.71. The van der Waals surface area contributed by atoms with Crippen molar-refractivity contribution in [1.29, 1.82) is 0 Å². The van der Waals surface area contributed by atoms with E-state index in [1.54, 1.807) is 30.0 Å². The van der Waals surface area contributed by atoms with Crippen LogP contribution in [0.5, 0.6) is 0 Å². The Kier molecular flexibility index (Phi) is 5.34. The van der Waals surface area contributed by atoms with Crippen LogP contribution in [0.4, 0.5) is 16.4 Å². The largest absolute Gasteiger partial charge is 0.444 e. The number of carbonyl (C=O) groups excluding carboxylic acids is 1. The van der Waals surface area contributed by atoms with Gasteiger partial charge in [-0.3, -0.25) is 0 Å². The van der Waals surface area contributed by atoms with E-state index in [1.807, 2.05) is 39.0 Å². The van der Waals surface area contributed by atoms with Gasteiger partial charge in [-0.2, -0.15) is 0 Å². The first-order valence-electron chi connectivity index (χ1n) is 8.97. The topological polar surface area (TPSA) is 111 Å². The number of rotatable bonds is 5. The van der Waals surface area contributed by atoms with Gasteiger partial charge in [-0.05, 0) is 45.0 Å². The number of anilines is 2. The van der Waals surface area contributed by atoms with E-state index in [0.717, 1.165) is 16.9 Å². The van der Waals surface area contributed by atoms with Crippen LogP contribution in [0.2, 0.25) is 0 Å². The van der Waals surface area contributed by atoms with Gasteiger partial charge in [-0.15, -0.1) is 5.10 Å². The Morgan fingerprint density at radius 2 is 2.07 bits per heavy atom. The molecule has 9 nitrogen and oxygen atoms in total. The fourth-order valence-corrected chi connectivity index (χ4v) is 2.55. The van der Waals surface area contributed by atoms with Crippen molar-refractivity contribution in [2.45, 2.75) is 26.4 Å². The number of nitrogens with zero attached hydrogens (tertiary/aromatic N) is 5. The summed E-state index contributed by atoms with van der Waals surface area (Å²) < 4.78 is 7.08. The number of amides is 1. The summed E-state index contributed by atoms with van der Waals surface area (Å²) in [6, 6.07) is 7.36. The van der Waals surface area contributed by atoms with Crippen molar-refractivity contribution >= 4 is 23.4 Å². The number of fused-ring (bicyclic) bond motifs is 1. The van der Waals surface area contributed by atoms with Gasteiger partial charge < -0.3 is 20.7 Å². The van der Waals surface area contributed by atoms with E-state index in [0.29, 0.717) is 24.7 Å². The van der Waals surface area contributed by atoms with Crippen LogP contribution in [0, 0.1) is 0 Å². The highest BCUT2D eigenvalue weighted by Gasteiger charge is 2.19. The fraction of sp³-hybridized carbons (Fsp3) is 0.368. The Morgan fingerprint density at radius 3 is 2.79 bits per heavy atom. The lowest BCUT2D eigenvalue weighted by atomic mass is 10.2. The Bertz CT molecular complexity index is 978. The van der Waals surface area contributed by atoms with Gasteiger partial charge in [0.25, 0.3) is 0 Å². The molecule has 0 spiro atoms. The van der Waals surface area contributed by atoms with E-state index in [-0.39, 0.29) is 6.09 Å². The van der Waals surface area contributed by atoms with Gasteiger partial charge in [0.15, 0.2) is 5.65 Å². The van der Waals surface area contributed by atoms with Crippen molar-refractivity contribution in [3.63, 3.8) is 0 Å². The van der Waals surface area contributed by atoms with E-state index in [2.05, 4.69) is 20.4 Å². The molecule has 0 aromatic carbocycles. The van der Waals surface area contributed by atoms with Crippen LogP contribution in [0.3, 0.4) is 0 Å². The minimum absolute atomic E-state index is 0.357. The number of ether oxygens (including phenoxy) is 1. The summed E-state index contributed by atoms with van der Waals surface area (Å²) in [7, 11) is 1.70. The van der Waals surface area contributed by atoms with Crippen LogP contribution in [-0.4, -0.2) is 56.3 Å². The van der Waals surface area contributed by atoms with Gasteiger partial charge >= 0.3 is 6.09 Å². The number of aromatic nitrogens is 4. The molecule has 3 heterocycles. The van der Waals surface area contributed by atoms with Crippen molar-refractivity contribution in [3.05, 3.63) is 36.7 Å². The summed E-state index contributed by atoms with van der Waals surface area (Å²) in [5.41, 5.74) is 7.69. The highest BCUT2D eigenvalue weighted by Crippen LogP contribution is 2.21. The molecule has 3 N–H and O–H groups in total. The number of carbonyl (C=O) groups is 1. The molecule has 0 saturated heterocycles. The van der Waals surface area contributed by atoms with Crippen molar-refractivity contribution in [1.82, 2.24) is 24.5 Å². The molecule has 0 unspecified atom stereocenters. The highest BCUT2D eigenvalue weighted by molar-refractivity contribution is 5.68. The van der Waals surface area contributed by atoms with Crippen molar-refractivity contribution in [2.24, 2.45) is 0 Å². The zero-order valence-electron chi connectivity index (χ0n) is 16.5. The maximum Gasteiger partial charge on any atom is 0.410 e. The molecule has 0 aliphatic rings. The van der Waals surface area contributed by atoms with Gasteiger partial charge in [-0.1, -0.05) is 0 Å². The van der Waals surface area contributed by atoms with Crippen molar-refractivity contribution in [2.75, 3.05) is 31.2 Å². The Balaban J connectivity index is 1.68. The molecule has 0 aliphatic heterocycles. The number of hydrogen-bond acceptors (Lipinski definition) is 7. The molecule has 9 heteroatoms. The number of nitrogens with two attached hydrogens (primary N) is 1. The monoisotopic (exact) mass is 383 g/mol. The van der Waals surface area contributed by atoms with Gasteiger partial charge in [0, 0.05) is 31.9 Å². The van der Waals surface area contributed by atoms with Crippen LogP contribution in [-0.2, 0) is 4.74 Å². The van der Waals surface area contributed by atoms with Crippen LogP contribution in [0.15, 0.2) is 36.7 Å². The average Bonchev–Trinajstić information content (AvgIpc) is 3.03. The lowest BCUT2D eigenvalue weighted by Gasteiger charge is -2.24. The predicted molar refractivity (Wildman–Crippen MR) is 108 cm³/mol. The van der Waals surface area contributed by atoms with Gasteiger partial charge in [-0.25, -0.2) is 19.3 Å². The summed E-state index contributed by atoms with van der Waals surface area (Å²) >= 11 is 0. The van der Waals surface area contributed by atoms with Gasteiger partial charge in [0.2, 0.25) is 0 Å². The molecular formula is C19H25N7O2. The Morgan fingerprint density at radius 1 is 1.29 bits per heavy atom. The normalized spacial score (nSPS) is 11.4. The number of likely N-dealkylation sites (N-methyl/N-ethyl adjacent to an activating group) is 1. The molecule has 0 atom stereocenters. The highest BCUT2D eigenvalue weighted by atomic mass is 16.6. The molecule has 3 rings (SSSR count). The smallest absolute Gasteiger partial charge is 0.410 e. The predicted octanol–water partition coefficient (Wildman–Crippen LogP) is 2.65. The Labute approximate surface area is 163 Å². The molecule has 0 aliphatic carbocycles. The maximum atomic E-state index is 12.0. The number of nitrogens with one attached hydrogen (secondary N) is 1. The fourth-order valence-electron chi connectivity index (χ4n) is 2.55. The zero-order valence-corrected chi connectivity index (χ0v) is 16.5. The number of hydrogen-bond donors (Lipinski definition) is 2. The molecule has 0 saturated carbocycles. The molecule has 3 aromatic heterocycles. The standard InChI is InChI=1S/C19H25N7O2/c1-19(2,3)28-18(27)25(4)10-9-22-16-5-6-17-23-12-14(26(17)24-16)13-7-8-21-15(20)11-13/h5-8,11-12H,9-10H2,1-4H3,(H2,20,21)(H,22,24). The van der Waals surface area contributed by atoms with E-state index in [1.165, 1.54) is 4.90 Å². The first kappa shape index (κ1) is 19.4. The summed E-state index contributed by atoms with van der Waals surface area (Å²) in [5, 5.41) is 7.81. The maximum absolute atomic E-state index is 12.0. The lowest BCUT2D eigenvalue weighted by Crippen LogP contribution is -2.36. The third-order valence-corrected chi connectivity index (χ3v) is 3.90. The molecule has 3 aromatic rings. The van der Waals surface area contributed by atoms with Crippen LogP contribution >= 0.6 is 0 Å². The summed E-state index contributed by atoms with van der Waals surface area (Å²) in [6.07, 6.45) is 3.04. The third kappa shape index (κ3) is 4.67.